The van der Waals surface area contributed by atoms with Gasteiger partial charge in [0.2, 0.25) is 0 Å². The summed E-state index contributed by atoms with van der Waals surface area (Å²) in [5.74, 6) is -2.76. The quantitative estimate of drug-likeness (QED) is 0.359. The van der Waals surface area contributed by atoms with Crippen molar-refractivity contribution >= 4 is 28.5 Å². The molecule has 1 aromatic carbocycles. The maximum Gasteiger partial charge on any atom is 0.277 e. The van der Waals surface area contributed by atoms with Crippen molar-refractivity contribution in [1.82, 2.24) is 5.48 Å². The minimum absolute atomic E-state index is 0.109. The fraction of sp³-hybridized carbons (Fsp3) is 0. The summed E-state index contributed by atoms with van der Waals surface area (Å²) in [5.41, 5.74) is 0.869. The molecule has 1 aromatic rings. The lowest BCUT2D eigenvalue weighted by Crippen LogP contribution is -2.20. The Morgan fingerprint density at radius 2 is 2.00 bits per heavy atom. The highest BCUT2D eigenvalue weighted by Gasteiger charge is 2.13. The van der Waals surface area contributed by atoms with Crippen molar-refractivity contribution in [3.63, 3.8) is 0 Å². The van der Waals surface area contributed by atoms with Crippen LogP contribution in [0.5, 0.6) is 0 Å². The second kappa shape index (κ2) is 3.97. The largest absolute Gasteiger partial charge is 0.288 e. The van der Waals surface area contributed by atoms with Gasteiger partial charge in [0.25, 0.3) is 5.91 Å². The molecule has 0 radical (unpaired) electrons. The molecule has 0 saturated heterocycles. The Bertz CT molecular complexity index is 357. The summed E-state index contributed by atoms with van der Waals surface area (Å²) in [7, 11) is 0. The molecule has 0 aliphatic rings. The number of rotatable bonds is 1. The van der Waals surface area contributed by atoms with E-state index >= 15 is 0 Å². The minimum atomic E-state index is -1.01. The molecule has 0 saturated carbocycles. The molecule has 0 fully saturated rings. The zero-order valence-corrected chi connectivity index (χ0v) is 8.30. The van der Waals surface area contributed by atoms with Crippen LogP contribution >= 0.6 is 22.6 Å². The zero-order valence-electron chi connectivity index (χ0n) is 6.14. The molecule has 0 aromatic heterocycles. The molecule has 3 nitrogen and oxygen atoms in total. The number of carbonyl (C=O) groups excluding carboxylic acids is 1. The first kappa shape index (κ1) is 10.3. The topological polar surface area (TPSA) is 49.3 Å². The van der Waals surface area contributed by atoms with Crippen molar-refractivity contribution < 1.29 is 18.8 Å². The van der Waals surface area contributed by atoms with Gasteiger partial charge in [-0.3, -0.25) is 10.0 Å². The van der Waals surface area contributed by atoms with E-state index in [1.807, 2.05) is 0 Å². The smallest absolute Gasteiger partial charge is 0.277 e. The molecule has 0 aliphatic carbocycles. The first-order valence-electron chi connectivity index (χ1n) is 3.15. The number of hydrogen-bond acceptors (Lipinski definition) is 2. The Kier molecular flexibility index (Phi) is 3.15. The third kappa shape index (κ3) is 2.13. The molecule has 6 heteroatoms. The number of benzene rings is 1. The molecular formula is C7H4F2INO2. The fourth-order valence-electron chi connectivity index (χ4n) is 0.757. The highest BCUT2D eigenvalue weighted by atomic mass is 127. The van der Waals surface area contributed by atoms with Gasteiger partial charge in [0.15, 0.2) is 0 Å². The third-order valence-electron chi connectivity index (χ3n) is 1.36. The molecule has 0 bridgehead atoms. The highest BCUT2D eigenvalue weighted by molar-refractivity contribution is 14.1. The second-order valence-electron chi connectivity index (χ2n) is 2.19. The number of nitrogens with one attached hydrogen (secondary N) is 1. The van der Waals surface area contributed by atoms with Gasteiger partial charge in [-0.15, -0.1) is 0 Å². The summed E-state index contributed by atoms with van der Waals surface area (Å²) in [6.45, 7) is 0. The predicted octanol–water partition coefficient (Wildman–Crippen LogP) is 1.69. The molecule has 0 spiro atoms. The Balaban J connectivity index is 3.23. The summed E-state index contributed by atoms with van der Waals surface area (Å²) >= 11 is 1.61. The molecular weight excluding hydrogens is 295 g/mol. The lowest BCUT2D eigenvalue weighted by molar-refractivity contribution is 0.0701. The second-order valence-corrected chi connectivity index (χ2v) is 3.35. The van der Waals surface area contributed by atoms with Crippen molar-refractivity contribution in [3.05, 3.63) is 32.9 Å². The molecule has 1 amide bonds. The van der Waals surface area contributed by atoms with Gasteiger partial charge in [0.1, 0.15) is 11.6 Å². The molecule has 0 aliphatic heterocycles. The van der Waals surface area contributed by atoms with Gasteiger partial charge in [-0.05, 0) is 28.7 Å². The van der Waals surface area contributed by atoms with E-state index in [4.69, 9.17) is 5.21 Å². The van der Waals surface area contributed by atoms with Crippen LogP contribution in [0.25, 0.3) is 0 Å². The van der Waals surface area contributed by atoms with Crippen molar-refractivity contribution in [1.29, 1.82) is 0 Å². The van der Waals surface area contributed by atoms with E-state index in [2.05, 4.69) is 0 Å². The molecule has 0 atom stereocenters. The average Bonchev–Trinajstić information content (AvgIpc) is 2.10. The normalized spacial score (nSPS) is 9.85. The molecule has 13 heavy (non-hydrogen) atoms. The van der Waals surface area contributed by atoms with Crippen molar-refractivity contribution in [2.75, 3.05) is 0 Å². The molecule has 0 heterocycles. The maximum absolute atomic E-state index is 12.9. The van der Waals surface area contributed by atoms with Gasteiger partial charge in [-0.1, -0.05) is 0 Å². The number of hydrogen-bond donors (Lipinski definition) is 2. The summed E-state index contributed by atoms with van der Waals surface area (Å²) in [4.78, 5) is 10.8. The van der Waals surface area contributed by atoms with Crippen LogP contribution < -0.4 is 5.48 Å². The molecule has 1 rings (SSSR count). The van der Waals surface area contributed by atoms with Crippen LogP contribution in [0.2, 0.25) is 0 Å². The first-order chi connectivity index (χ1) is 6.06. The standard InChI is InChI=1S/C7H4F2INO2/c8-4-2-5(9)6(10)1-3(4)7(12)11-13/h1-2,13H,(H,11,12). The summed E-state index contributed by atoms with van der Waals surface area (Å²) < 4.78 is 25.6. The van der Waals surface area contributed by atoms with Gasteiger partial charge in [0, 0.05) is 9.64 Å². The van der Waals surface area contributed by atoms with Crippen LogP contribution in [-0.2, 0) is 0 Å². The van der Waals surface area contributed by atoms with Crippen LogP contribution in [0.15, 0.2) is 12.1 Å². The van der Waals surface area contributed by atoms with Crippen LogP contribution in [0.4, 0.5) is 8.78 Å². The molecule has 70 valence electrons. The fourth-order valence-corrected chi connectivity index (χ4v) is 1.22. The highest BCUT2D eigenvalue weighted by Crippen LogP contribution is 2.16. The third-order valence-corrected chi connectivity index (χ3v) is 2.18. The number of hydroxylamine groups is 1. The van der Waals surface area contributed by atoms with Gasteiger partial charge < -0.3 is 0 Å². The SMILES string of the molecule is O=C(NO)c1cc(I)c(F)cc1F. The van der Waals surface area contributed by atoms with Crippen LogP contribution in [-0.4, -0.2) is 11.1 Å². The van der Waals surface area contributed by atoms with Crippen molar-refractivity contribution in [2.45, 2.75) is 0 Å². The van der Waals surface area contributed by atoms with E-state index in [1.54, 1.807) is 22.6 Å². The van der Waals surface area contributed by atoms with E-state index in [9.17, 15) is 13.6 Å². The van der Waals surface area contributed by atoms with Gasteiger partial charge >= 0.3 is 0 Å². The van der Waals surface area contributed by atoms with E-state index in [-0.39, 0.29) is 3.57 Å². The van der Waals surface area contributed by atoms with Gasteiger partial charge in [-0.2, -0.15) is 0 Å². The van der Waals surface area contributed by atoms with E-state index in [1.165, 1.54) is 5.48 Å². The number of halogens is 3. The lowest BCUT2D eigenvalue weighted by atomic mass is 10.2. The van der Waals surface area contributed by atoms with Crippen LogP contribution in [0.1, 0.15) is 10.4 Å². The number of carbonyl (C=O) groups is 1. The maximum atomic E-state index is 12.9. The van der Waals surface area contributed by atoms with Crippen molar-refractivity contribution in [2.24, 2.45) is 0 Å². The molecule has 2 N–H and O–H groups in total. The van der Waals surface area contributed by atoms with E-state index < -0.39 is 23.1 Å². The molecule has 0 unspecified atom stereocenters. The van der Waals surface area contributed by atoms with E-state index in [0.29, 0.717) is 6.07 Å². The van der Waals surface area contributed by atoms with Gasteiger partial charge in [0.05, 0.1) is 5.56 Å². The van der Waals surface area contributed by atoms with Crippen LogP contribution in [0.3, 0.4) is 0 Å². The summed E-state index contributed by atoms with van der Waals surface area (Å²) in [6, 6.07) is 1.60. The minimum Gasteiger partial charge on any atom is -0.288 e. The summed E-state index contributed by atoms with van der Waals surface area (Å²) in [5, 5.41) is 8.21. The Morgan fingerprint density at radius 1 is 1.38 bits per heavy atom. The summed E-state index contributed by atoms with van der Waals surface area (Å²) in [6.07, 6.45) is 0. The van der Waals surface area contributed by atoms with Crippen molar-refractivity contribution in [3.8, 4) is 0 Å². The Morgan fingerprint density at radius 3 is 2.54 bits per heavy atom. The Labute approximate surface area is 85.8 Å². The average molecular weight is 299 g/mol. The number of amides is 1. The lowest BCUT2D eigenvalue weighted by Gasteiger charge is -2.01. The zero-order chi connectivity index (χ0) is 10.0. The van der Waals surface area contributed by atoms with Gasteiger partial charge in [-0.25, -0.2) is 14.3 Å². The Hall–Kier alpha value is -0.760. The predicted molar refractivity (Wildman–Crippen MR) is 48.3 cm³/mol. The monoisotopic (exact) mass is 299 g/mol. The first-order valence-corrected chi connectivity index (χ1v) is 4.23. The van der Waals surface area contributed by atoms with E-state index in [0.717, 1.165) is 6.07 Å². The van der Waals surface area contributed by atoms with Crippen LogP contribution in [0, 0.1) is 15.2 Å².